The van der Waals surface area contributed by atoms with Gasteiger partial charge in [-0.15, -0.1) is 24.0 Å². The highest BCUT2D eigenvalue weighted by atomic mass is 127. The molecule has 0 bridgehead atoms. The Hall–Kier alpha value is -1.38. The van der Waals surface area contributed by atoms with Crippen LogP contribution in [0.5, 0.6) is 0 Å². The largest absolute Gasteiger partial charge is 0.357 e. The van der Waals surface area contributed by atoms with Crippen LogP contribution in [0.15, 0.2) is 29.3 Å². The number of amides is 1. The van der Waals surface area contributed by atoms with Crippen LogP contribution in [0, 0.1) is 5.82 Å². The molecule has 0 unspecified atom stereocenters. The summed E-state index contributed by atoms with van der Waals surface area (Å²) in [7, 11) is 0. The number of nitrogens with one attached hydrogen (secondary N) is 3. The first-order chi connectivity index (χ1) is 9.61. The summed E-state index contributed by atoms with van der Waals surface area (Å²) in [5, 5.41) is 8.87. The summed E-state index contributed by atoms with van der Waals surface area (Å²) in [5.74, 6) is 0.317. The lowest BCUT2D eigenvalue weighted by atomic mass is 10.2. The standard InChI is InChI=1S/C14H21FN4O.HI/c1-3-16-14(18-8-7-17-11(2)20)19-10-12-5-4-6-13(15)9-12;/h4-6,9H,3,7-8,10H2,1-2H3,(H,17,20)(H2,16,18,19);1H. The zero-order chi connectivity index (χ0) is 14.8. The average molecular weight is 408 g/mol. The van der Waals surface area contributed by atoms with Gasteiger partial charge in [0, 0.05) is 26.6 Å². The molecule has 0 saturated carbocycles. The van der Waals surface area contributed by atoms with E-state index in [4.69, 9.17) is 0 Å². The Bertz CT molecular complexity index is 468. The molecule has 118 valence electrons. The SMILES string of the molecule is CCNC(=NCc1cccc(F)c1)NCCNC(C)=O.I. The highest BCUT2D eigenvalue weighted by Crippen LogP contribution is 2.04. The Kier molecular flexibility index (Phi) is 10.6. The molecule has 7 heteroatoms. The lowest BCUT2D eigenvalue weighted by Gasteiger charge is -2.11. The zero-order valence-electron chi connectivity index (χ0n) is 12.3. The molecule has 0 spiro atoms. The maximum Gasteiger partial charge on any atom is 0.216 e. The van der Waals surface area contributed by atoms with E-state index in [1.807, 2.05) is 13.0 Å². The number of benzene rings is 1. The Morgan fingerprint density at radius 3 is 2.57 bits per heavy atom. The smallest absolute Gasteiger partial charge is 0.216 e. The zero-order valence-corrected chi connectivity index (χ0v) is 14.6. The predicted molar refractivity (Wildman–Crippen MR) is 93.3 cm³/mol. The van der Waals surface area contributed by atoms with Crippen LogP contribution in [0.1, 0.15) is 19.4 Å². The minimum Gasteiger partial charge on any atom is -0.357 e. The summed E-state index contributed by atoms with van der Waals surface area (Å²) in [5.41, 5.74) is 0.809. The number of guanidine groups is 1. The molecule has 0 aliphatic carbocycles. The number of rotatable bonds is 6. The van der Waals surface area contributed by atoms with Crippen molar-refractivity contribution in [3.63, 3.8) is 0 Å². The topological polar surface area (TPSA) is 65.5 Å². The number of carbonyl (C=O) groups excluding carboxylic acids is 1. The van der Waals surface area contributed by atoms with Gasteiger partial charge in [-0.3, -0.25) is 4.79 Å². The van der Waals surface area contributed by atoms with Crippen molar-refractivity contribution in [1.29, 1.82) is 0 Å². The van der Waals surface area contributed by atoms with Crippen molar-refractivity contribution in [2.75, 3.05) is 19.6 Å². The van der Waals surface area contributed by atoms with E-state index < -0.39 is 0 Å². The maximum absolute atomic E-state index is 13.0. The Morgan fingerprint density at radius 1 is 1.24 bits per heavy atom. The summed E-state index contributed by atoms with van der Waals surface area (Å²) < 4.78 is 13.0. The quantitative estimate of drug-likeness (QED) is 0.290. The predicted octanol–water partition coefficient (Wildman–Crippen LogP) is 1.63. The van der Waals surface area contributed by atoms with Gasteiger partial charge in [-0.25, -0.2) is 9.38 Å². The Morgan fingerprint density at radius 2 is 1.95 bits per heavy atom. The summed E-state index contributed by atoms with van der Waals surface area (Å²) in [4.78, 5) is 15.1. The van der Waals surface area contributed by atoms with Gasteiger partial charge < -0.3 is 16.0 Å². The number of carbonyl (C=O) groups is 1. The summed E-state index contributed by atoms with van der Waals surface area (Å²) >= 11 is 0. The lowest BCUT2D eigenvalue weighted by Crippen LogP contribution is -2.41. The third-order valence-corrected chi connectivity index (χ3v) is 2.44. The monoisotopic (exact) mass is 408 g/mol. The van der Waals surface area contributed by atoms with Crippen LogP contribution >= 0.6 is 24.0 Å². The molecule has 0 radical (unpaired) electrons. The lowest BCUT2D eigenvalue weighted by molar-refractivity contribution is -0.118. The highest BCUT2D eigenvalue weighted by molar-refractivity contribution is 14.0. The molecule has 0 aliphatic heterocycles. The molecule has 0 atom stereocenters. The van der Waals surface area contributed by atoms with Crippen molar-refractivity contribution in [2.24, 2.45) is 4.99 Å². The first-order valence-electron chi connectivity index (χ1n) is 6.63. The molecule has 5 nitrogen and oxygen atoms in total. The van der Waals surface area contributed by atoms with Crippen molar-refractivity contribution >= 4 is 35.8 Å². The Balaban J connectivity index is 0.00000400. The molecule has 0 aliphatic rings. The van der Waals surface area contributed by atoms with Gasteiger partial charge in [0.1, 0.15) is 5.82 Å². The molecule has 0 aromatic heterocycles. The molecule has 1 amide bonds. The summed E-state index contributed by atoms with van der Waals surface area (Å²) in [6, 6.07) is 6.36. The molecular formula is C14H22FIN4O. The van der Waals surface area contributed by atoms with Crippen LogP contribution in [0.4, 0.5) is 4.39 Å². The second-order valence-corrected chi connectivity index (χ2v) is 4.23. The van der Waals surface area contributed by atoms with E-state index in [0.717, 1.165) is 12.1 Å². The molecule has 1 aromatic rings. The molecule has 21 heavy (non-hydrogen) atoms. The fraction of sp³-hybridized carbons (Fsp3) is 0.429. The van der Waals surface area contributed by atoms with E-state index in [1.165, 1.54) is 19.1 Å². The number of aliphatic imine (C=N–C) groups is 1. The van der Waals surface area contributed by atoms with Crippen LogP contribution in [-0.4, -0.2) is 31.5 Å². The molecule has 1 rings (SSSR count). The minimum atomic E-state index is -0.263. The number of hydrogen-bond acceptors (Lipinski definition) is 2. The molecular weight excluding hydrogens is 386 g/mol. The second kappa shape index (κ2) is 11.3. The number of halogens is 2. The average Bonchev–Trinajstić information content (AvgIpc) is 2.40. The fourth-order valence-electron chi connectivity index (χ4n) is 1.57. The van der Waals surface area contributed by atoms with Gasteiger partial charge in [-0.1, -0.05) is 12.1 Å². The maximum atomic E-state index is 13.0. The van der Waals surface area contributed by atoms with E-state index in [2.05, 4.69) is 20.9 Å². The van der Waals surface area contributed by atoms with Crippen molar-refractivity contribution in [3.05, 3.63) is 35.6 Å². The summed E-state index contributed by atoms with van der Waals surface area (Å²) in [6.45, 7) is 5.67. The molecule has 0 fully saturated rings. The van der Waals surface area contributed by atoms with E-state index in [0.29, 0.717) is 25.6 Å². The van der Waals surface area contributed by atoms with Gasteiger partial charge in [-0.05, 0) is 24.6 Å². The van der Waals surface area contributed by atoms with E-state index >= 15 is 0 Å². The van der Waals surface area contributed by atoms with Crippen LogP contribution < -0.4 is 16.0 Å². The van der Waals surface area contributed by atoms with Gasteiger partial charge in [0.15, 0.2) is 5.96 Å². The highest BCUT2D eigenvalue weighted by Gasteiger charge is 1.98. The molecule has 0 heterocycles. The van der Waals surface area contributed by atoms with Crippen LogP contribution in [0.3, 0.4) is 0 Å². The van der Waals surface area contributed by atoms with E-state index in [-0.39, 0.29) is 35.7 Å². The van der Waals surface area contributed by atoms with Crippen LogP contribution in [-0.2, 0) is 11.3 Å². The Labute approximate surface area is 141 Å². The van der Waals surface area contributed by atoms with Gasteiger partial charge in [-0.2, -0.15) is 0 Å². The van der Waals surface area contributed by atoms with Gasteiger partial charge in [0.2, 0.25) is 5.91 Å². The number of nitrogens with zero attached hydrogens (tertiary/aromatic N) is 1. The van der Waals surface area contributed by atoms with Crippen LogP contribution in [0.2, 0.25) is 0 Å². The third-order valence-electron chi connectivity index (χ3n) is 2.44. The molecule has 1 aromatic carbocycles. The van der Waals surface area contributed by atoms with E-state index in [9.17, 15) is 9.18 Å². The molecule has 0 saturated heterocycles. The van der Waals surface area contributed by atoms with E-state index in [1.54, 1.807) is 6.07 Å². The van der Waals surface area contributed by atoms with Gasteiger partial charge >= 0.3 is 0 Å². The van der Waals surface area contributed by atoms with Crippen molar-refractivity contribution in [1.82, 2.24) is 16.0 Å². The number of hydrogen-bond donors (Lipinski definition) is 3. The van der Waals surface area contributed by atoms with Crippen molar-refractivity contribution in [3.8, 4) is 0 Å². The first kappa shape index (κ1) is 19.6. The third kappa shape index (κ3) is 9.22. The minimum absolute atomic E-state index is 0. The van der Waals surface area contributed by atoms with Gasteiger partial charge in [0.05, 0.1) is 6.54 Å². The first-order valence-corrected chi connectivity index (χ1v) is 6.63. The second-order valence-electron chi connectivity index (χ2n) is 4.23. The van der Waals surface area contributed by atoms with Crippen molar-refractivity contribution in [2.45, 2.75) is 20.4 Å². The summed E-state index contributed by atoms with van der Waals surface area (Å²) in [6.07, 6.45) is 0. The van der Waals surface area contributed by atoms with Crippen LogP contribution in [0.25, 0.3) is 0 Å². The fourth-order valence-corrected chi connectivity index (χ4v) is 1.57. The normalized spacial score (nSPS) is 10.5. The molecule has 3 N–H and O–H groups in total. The van der Waals surface area contributed by atoms with Gasteiger partial charge in [0.25, 0.3) is 0 Å². The van der Waals surface area contributed by atoms with Crippen molar-refractivity contribution < 1.29 is 9.18 Å².